The summed E-state index contributed by atoms with van der Waals surface area (Å²) in [5.41, 5.74) is 2.13. The molecule has 0 amide bonds. The number of rotatable bonds is 7. The van der Waals surface area contributed by atoms with Gasteiger partial charge in [0, 0.05) is 18.0 Å². The van der Waals surface area contributed by atoms with Gasteiger partial charge in [-0.1, -0.05) is 12.1 Å². The van der Waals surface area contributed by atoms with Gasteiger partial charge < -0.3 is 15.5 Å². The van der Waals surface area contributed by atoms with Crippen LogP contribution in [0, 0.1) is 19.7 Å². The van der Waals surface area contributed by atoms with Crippen LogP contribution in [0.5, 0.6) is 0 Å². The van der Waals surface area contributed by atoms with E-state index in [2.05, 4.69) is 32.4 Å². The molecule has 0 aliphatic carbocycles. The molecule has 1 unspecified atom stereocenters. The van der Waals surface area contributed by atoms with Gasteiger partial charge in [-0.2, -0.15) is 0 Å². The Morgan fingerprint density at radius 3 is 2.46 bits per heavy atom. The predicted molar refractivity (Wildman–Crippen MR) is 107 cm³/mol. The summed E-state index contributed by atoms with van der Waals surface area (Å²) in [6, 6.07) is 6.76. The molecule has 0 aliphatic rings. The van der Waals surface area contributed by atoms with Crippen LogP contribution < -0.4 is 10.6 Å². The van der Waals surface area contributed by atoms with Crippen LogP contribution in [0.25, 0.3) is 0 Å². The van der Waals surface area contributed by atoms with E-state index in [-0.39, 0.29) is 11.9 Å². The van der Waals surface area contributed by atoms with E-state index >= 15 is 0 Å². The zero-order chi connectivity index (χ0) is 19.1. The first-order chi connectivity index (χ1) is 12.4. The van der Waals surface area contributed by atoms with Crippen molar-refractivity contribution in [1.29, 1.82) is 0 Å². The molecule has 0 saturated carbocycles. The molecule has 2 N–H and O–H groups in total. The molecule has 0 radical (unpaired) electrons. The van der Waals surface area contributed by atoms with Crippen LogP contribution in [-0.4, -0.2) is 43.0 Å². The van der Waals surface area contributed by atoms with Gasteiger partial charge in [-0.05, 0) is 52.6 Å². The topological polar surface area (TPSA) is 52.6 Å². The molecule has 0 fully saturated rings. The summed E-state index contributed by atoms with van der Waals surface area (Å²) in [4.78, 5) is 12.5. The van der Waals surface area contributed by atoms with Crippen molar-refractivity contribution in [3.8, 4) is 0 Å². The van der Waals surface area contributed by atoms with Crippen molar-refractivity contribution in [1.82, 2.24) is 20.5 Å². The fraction of sp³-hybridized carbons (Fsp3) is 0.474. The first-order valence-electron chi connectivity index (χ1n) is 8.77. The quantitative estimate of drug-likeness (QED) is 0.574. The van der Waals surface area contributed by atoms with Gasteiger partial charge in [0.1, 0.15) is 10.8 Å². The Bertz CT molecular complexity index is 705. The molecule has 2 aromatic rings. The molecule has 26 heavy (non-hydrogen) atoms. The molecular weight excluding hydrogens is 349 g/mol. The zero-order valence-corrected chi connectivity index (χ0v) is 17.0. The number of halogens is 1. The number of hydrogen-bond donors (Lipinski definition) is 2. The molecule has 0 aliphatic heterocycles. The average Bonchev–Trinajstić information content (AvgIpc) is 2.92. The number of thiazole rings is 1. The fourth-order valence-corrected chi connectivity index (χ4v) is 3.43. The van der Waals surface area contributed by atoms with Gasteiger partial charge in [0.2, 0.25) is 0 Å². The molecule has 0 bridgehead atoms. The average molecular weight is 378 g/mol. The van der Waals surface area contributed by atoms with Crippen molar-refractivity contribution in [2.75, 3.05) is 27.2 Å². The molecule has 142 valence electrons. The van der Waals surface area contributed by atoms with Crippen LogP contribution in [0.4, 0.5) is 4.39 Å². The highest BCUT2D eigenvalue weighted by molar-refractivity contribution is 7.11. The summed E-state index contributed by atoms with van der Waals surface area (Å²) in [6.07, 6.45) is 0. The maximum atomic E-state index is 13.2. The van der Waals surface area contributed by atoms with E-state index < -0.39 is 0 Å². The second-order valence-electron chi connectivity index (χ2n) is 6.36. The second-order valence-corrected chi connectivity index (χ2v) is 7.64. The van der Waals surface area contributed by atoms with Crippen LogP contribution in [0.15, 0.2) is 29.3 Å². The Morgan fingerprint density at radius 1 is 1.23 bits per heavy atom. The molecule has 1 heterocycles. The van der Waals surface area contributed by atoms with E-state index in [1.54, 1.807) is 11.3 Å². The number of aliphatic imine (C=N–C) groups is 1. The smallest absolute Gasteiger partial charge is 0.191 e. The Balaban J connectivity index is 2.04. The highest BCUT2D eigenvalue weighted by Crippen LogP contribution is 2.18. The molecular formula is C19H28FN5S. The Labute approximate surface area is 159 Å². The summed E-state index contributed by atoms with van der Waals surface area (Å²) >= 11 is 1.68. The molecule has 0 spiro atoms. The number of benzene rings is 1. The molecule has 1 aromatic heterocycles. The fourth-order valence-electron chi connectivity index (χ4n) is 2.57. The van der Waals surface area contributed by atoms with Crippen molar-refractivity contribution in [3.05, 3.63) is 51.2 Å². The third-order valence-corrected chi connectivity index (χ3v) is 5.19. The van der Waals surface area contributed by atoms with E-state index in [4.69, 9.17) is 0 Å². The molecule has 1 atom stereocenters. The Hall–Kier alpha value is -1.99. The largest absolute Gasteiger partial charge is 0.357 e. The van der Waals surface area contributed by atoms with Crippen LogP contribution in [-0.2, 0) is 6.54 Å². The van der Waals surface area contributed by atoms with E-state index in [0.29, 0.717) is 13.1 Å². The van der Waals surface area contributed by atoms with Gasteiger partial charge >= 0.3 is 0 Å². The number of aryl methyl sites for hydroxylation is 2. The molecule has 1 aromatic carbocycles. The van der Waals surface area contributed by atoms with Crippen LogP contribution in [0.1, 0.15) is 34.1 Å². The van der Waals surface area contributed by atoms with Gasteiger partial charge in [-0.3, -0.25) is 0 Å². The van der Waals surface area contributed by atoms with Crippen molar-refractivity contribution >= 4 is 17.3 Å². The van der Waals surface area contributed by atoms with E-state index in [0.717, 1.165) is 28.8 Å². The van der Waals surface area contributed by atoms with Crippen LogP contribution in [0.3, 0.4) is 0 Å². The van der Waals surface area contributed by atoms with Crippen LogP contribution >= 0.6 is 11.3 Å². The summed E-state index contributed by atoms with van der Waals surface area (Å²) in [5.74, 6) is 0.537. The van der Waals surface area contributed by atoms with Crippen molar-refractivity contribution in [3.63, 3.8) is 0 Å². The summed E-state index contributed by atoms with van der Waals surface area (Å²) < 4.78 is 13.2. The highest BCUT2D eigenvalue weighted by atomic mass is 32.1. The number of hydrogen-bond acceptors (Lipinski definition) is 4. The highest BCUT2D eigenvalue weighted by Gasteiger charge is 2.15. The first kappa shape index (κ1) is 20.3. The van der Waals surface area contributed by atoms with E-state index in [1.165, 1.54) is 17.0 Å². The third-order valence-electron chi connectivity index (χ3n) is 4.13. The maximum absolute atomic E-state index is 13.2. The van der Waals surface area contributed by atoms with Gasteiger partial charge in [0.15, 0.2) is 5.96 Å². The van der Waals surface area contributed by atoms with E-state index in [9.17, 15) is 4.39 Å². The van der Waals surface area contributed by atoms with Gasteiger partial charge in [-0.25, -0.2) is 14.4 Å². The molecule has 7 heteroatoms. The summed E-state index contributed by atoms with van der Waals surface area (Å²) in [6.45, 7) is 8.14. The Kier molecular flexibility index (Phi) is 7.53. The number of guanidine groups is 1. The van der Waals surface area contributed by atoms with Gasteiger partial charge in [-0.15, -0.1) is 11.3 Å². The Morgan fingerprint density at radius 2 is 1.92 bits per heavy atom. The molecule has 2 rings (SSSR count). The monoisotopic (exact) mass is 377 g/mol. The normalized spacial score (nSPS) is 13.1. The summed E-state index contributed by atoms with van der Waals surface area (Å²) in [5, 5.41) is 7.67. The number of aromatic nitrogens is 1. The first-order valence-corrected chi connectivity index (χ1v) is 9.59. The third kappa shape index (κ3) is 5.78. The predicted octanol–water partition coefficient (Wildman–Crippen LogP) is 3.26. The van der Waals surface area contributed by atoms with Crippen molar-refractivity contribution in [2.45, 2.75) is 33.4 Å². The molecule has 5 nitrogen and oxygen atoms in total. The minimum Gasteiger partial charge on any atom is -0.357 e. The zero-order valence-electron chi connectivity index (χ0n) is 16.1. The lowest BCUT2D eigenvalue weighted by Gasteiger charge is -2.26. The molecule has 0 saturated heterocycles. The lowest BCUT2D eigenvalue weighted by Crippen LogP contribution is -2.41. The van der Waals surface area contributed by atoms with Gasteiger partial charge in [0.25, 0.3) is 0 Å². The minimum atomic E-state index is -0.219. The van der Waals surface area contributed by atoms with Crippen molar-refractivity contribution < 1.29 is 4.39 Å². The number of nitrogens with zero attached hydrogens (tertiary/aromatic N) is 3. The SMILES string of the molecule is CCNC(=NCc1nc(C)c(C)s1)NCC(c1ccc(F)cc1)N(C)C. The standard InChI is InChI=1S/C19H28FN5S/c1-6-21-19(23-12-18-24-13(2)14(3)26-18)22-11-17(25(4)5)15-7-9-16(20)10-8-15/h7-10,17H,6,11-12H2,1-5H3,(H2,21,22,23). The minimum absolute atomic E-state index is 0.115. The van der Waals surface area contributed by atoms with Crippen molar-refractivity contribution in [2.24, 2.45) is 4.99 Å². The lowest BCUT2D eigenvalue weighted by atomic mass is 10.1. The maximum Gasteiger partial charge on any atom is 0.191 e. The van der Waals surface area contributed by atoms with E-state index in [1.807, 2.05) is 40.1 Å². The van der Waals surface area contributed by atoms with Gasteiger partial charge in [0.05, 0.1) is 18.3 Å². The number of nitrogens with one attached hydrogen (secondary N) is 2. The summed E-state index contributed by atoms with van der Waals surface area (Å²) in [7, 11) is 4.03. The lowest BCUT2D eigenvalue weighted by molar-refractivity contribution is 0.298. The second kappa shape index (κ2) is 9.64. The number of likely N-dealkylation sites (N-methyl/N-ethyl adjacent to an activating group) is 1. The van der Waals surface area contributed by atoms with Crippen LogP contribution in [0.2, 0.25) is 0 Å².